The van der Waals surface area contributed by atoms with Gasteiger partial charge >= 0.3 is 0 Å². The first-order valence-electron chi connectivity index (χ1n) is 10.4. The number of carbonyl (C=O) groups excluding carboxylic acids is 1. The average molecular weight is 426 g/mol. The summed E-state index contributed by atoms with van der Waals surface area (Å²) in [5, 5.41) is 2.52. The van der Waals surface area contributed by atoms with Gasteiger partial charge in [0.15, 0.2) is 0 Å². The molecule has 0 aliphatic carbocycles. The molecule has 1 aromatic rings. The zero-order chi connectivity index (χ0) is 21.6. The number of morpholine rings is 1. The third-order valence-corrected chi connectivity index (χ3v) is 6.87. The summed E-state index contributed by atoms with van der Waals surface area (Å²) in [4.78, 5) is 14.5. The van der Waals surface area contributed by atoms with Gasteiger partial charge in [-0.05, 0) is 71.2 Å². The number of hydrogen-bond acceptors (Lipinski definition) is 5. The van der Waals surface area contributed by atoms with Gasteiger partial charge in [0.05, 0.1) is 17.5 Å². The fourth-order valence-corrected chi connectivity index (χ4v) is 4.14. The van der Waals surface area contributed by atoms with Crippen LogP contribution < -0.4 is 14.9 Å². The van der Waals surface area contributed by atoms with Crippen LogP contribution in [0.5, 0.6) is 0 Å². The lowest BCUT2D eigenvalue weighted by molar-refractivity contribution is -0.116. The summed E-state index contributed by atoms with van der Waals surface area (Å²) in [5.41, 5.74) is 2.97. The minimum Gasteiger partial charge on any atom is -0.372 e. The Morgan fingerprint density at radius 3 is 2.45 bits per heavy atom. The van der Waals surface area contributed by atoms with Crippen molar-refractivity contribution in [3.8, 4) is 0 Å². The summed E-state index contributed by atoms with van der Waals surface area (Å²) in [6.45, 7) is 11.5. The van der Waals surface area contributed by atoms with Gasteiger partial charge in [-0.1, -0.05) is 0 Å². The number of amides is 1. The van der Waals surface area contributed by atoms with Crippen LogP contribution in [0, 0.1) is 6.92 Å². The number of ether oxygens (including phenoxy) is 1. The maximum Gasteiger partial charge on any atom is 0.224 e. The summed E-state index contributed by atoms with van der Waals surface area (Å²) in [5.74, 6) is -0.0545. The number of sulfonamides is 1. The molecule has 1 aliphatic rings. The second kappa shape index (κ2) is 10.4. The summed E-state index contributed by atoms with van der Waals surface area (Å²) in [6.07, 6.45) is 2.02. The molecule has 7 nitrogen and oxygen atoms in total. The predicted octanol–water partition coefficient (Wildman–Crippen LogP) is 3.05. The first-order chi connectivity index (χ1) is 13.6. The Hall–Kier alpha value is -1.64. The molecule has 1 aromatic carbocycles. The van der Waals surface area contributed by atoms with Crippen LogP contribution in [-0.4, -0.2) is 51.4 Å². The lowest BCUT2D eigenvalue weighted by atomic mass is 10.1. The van der Waals surface area contributed by atoms with E-state index in [1.807, 2.05) is 19.1 Å². The predicted molar refractivity (Wildman–Crippen MR) is 118 cm³/mol. The third-order valence-electron chi connectivity index (χ3n) is 5.02. The molecule has 2 atom stereocenters. The van der Waals surface area contributed by atoms with Crippen molar-refractivity contribution in [2.24, 2.45) is 0 Å². The van der Waals surface area contributed by atoms with E-state index in [1.165, 1.54) is 0 Å². The molecule has 0 bridgehead atoms. The van der Waals surface area contributed by atoms with Gasteiger partial charge in [-0.25, -0.2) is 13.1 Å². The van der Waals surface area contributed by atoms with E-state index in [0.717, 1.165) is 30.0 Å². The fourth-order valence-electron chi connectivity index (χ4n) is 3.38. The van der Waals surface area contributed by atoms with Crippen molar-refractivity contribution in [1.29, 1.82) is 0 Å². The molecule has 1 amide bonds. The number of unbranched alkanes of at least 4 members (excludes halogenated alkanes) is 1. The molecule has 0 saturated carbocycles. The lowest BCUT2D eigenvalue weighted by Crippen LogP contribution is -2.45. The number of rotatable bonds is 9. The molecule has 29 heavy (non-hydrogen) atoms. The van der Waals surface area contributed by atoms with Gasteiger partial charge in [0, 0.05) is 37.4 Å². The van der Waals surface area contributed by atoms with Crippen molar-refractivity contribution in [3.05, 3.63) is 23.8 Å². The van der Waals surface area contributed by atoms with Crippen molar-refractivity contribution in [1.82, 2.24) is 4.72 Å². The molecular weight excluding hydrogens is 390 g/mol. The average Bonchev–Trinajstić information content (AvgIpc) is 2.62. The van der Waals surface area contributed by atoms with Gasteiger partial charge in [0.25, 0.3) is 0 Å². The maximum absolute atomic E-state index is 12.2. The standard InChI is InChI=1S/C21H35N3O4S/c1-15(2)29(26,27)22-11-7-6-8-21(25)23-20-10-9-19(12-16(20)3)24-13-17(4)28-18(5)14-24/h9-10,12,15,17-18,22H,6-8,11,13-14H2,1-5H3,(H,23,25). The van der Waals surface area contributed by atoms with Crippen LogP contribution in [0.15, 0.2) is 18.2 Å². The molecule has 1 aliphatic heterocycles. The number of aryl methyl sites for hydroxylation is 1. The van der Waals surface area contributed by atoms with Crippen molar-refractivity contribution in [2.75, 3.05) is 29.9 Å². The highest BCUT2D eigenvalue weighted by atomic mass is 32.2. The van der Waals surface area contributed by atoms with E-state index in [9.17, 15) is 13.2 Å². The van der Waals surface area contributed by atoms with Crippen LogP contribution in [0.1, 0.15) is 52.5 Å². The van der Waals surface area contributed by atoms with Gasteiger partial charge in [-0.2, -0.15) is 0 Å². The molecule has 2 rings (SSSR count). The molecule has 0 aromatic heterocycles. The molecule has 8 heteroatoms. The van der Waals surface area contributed by atoms with Gasteiger partial charge in [-0.3, -0.25) is 4.79 Å². The van der Waals surface area contributed by atoms with Crippen LogP contribution in [-0.2, 0) is 19.6 Å². The summed E-state index contributed by atoms with van der Waals surface area (Å²) in [6, 6.07) is 6.08. The van der Waals surface area contributed by atoms with E-state index < -0.39 is 15.3 Å². The van der Waals surface area contributed by atoms with Crippen molar-refractivity contribution in [2.45, 2.75) is 71.3 Å². The number of benzene rings is 1. The van der Waals surface area contributed by atoms with Gasteiger partial charge in [0.1, 0.15) is 0 Å². The number of hydrogen-bond donors (Lipinski definition) is 2. The van der Waals surface area contributed by atoms with Crippen LogP contribution in [0.4, 0.5) is 11.4 Å². The van der Waals surface area contributed by atoms with E-state index in [4.69, 9.17) is 4.74 Å². The van der Waals surface area contributed by atoms with Crippen LogP contribution in [0.25, 0.3) is 0 Å². The zero-order valence-electron chi connectivity index (χ0n) is 18.2. The minimum atomic E-state index is -3.24. The minimum absolute atomic E-state index is 0.0545. The smallest absolute Gasteiger partial charge is 0.224 e. The molecule has 164 valence electrons. The number of nitrogens with one attached hydrogen (secondary N) is 2. The first kappa shape index (κ1) is 23.6. The van der Waals surface area contributed by atoms with Crippen LogP contribution in [0.3, 0.4) is 0 Å². The SMILES string of the molecule is Cc1cc(N2CC(C)OC(C)C2)ccc1NC(=O)CCCCNS(=O)(=O)C(C)C. The Bertz CT molecular complexity index is 785. The van der Waals surface area contributed by atoms with E-state index in [-0.39, 0.29) is 18.1 Å². The van der Waals surface area contributed by atoms with Gasteiger partial charge in [-0.15, -0.1) is 0 Å². The Labute approximate surface area is 175 Å². The Morgan fingerprint density at radius 2 is 1.86 bits per heavy atom. The zero-order valence-corrected chi connectivity index (χ0v) is 19.0. The summed E-state index contributed by atoms with van der Waals surface area (Å²) < 4.78 is 31.7. The molecule has 0 spiro atoms. The second-order valence-electron chi connectivity index (χ2n) is 8.15. The highest BCUT2D eigenvalue weighted by Crippen LogP contribution is 2.25. The summed E-state index contributed by atoms with van der Waals surface area (Å²) >= 11 is 0. The van der Waals surface area contributed by atoms with Gasteiger partial charge < -0.3 is 15.0 Å². The second-order valence-corrected chi connectivity index (χ2v) is 10.5. The molecule has 0 radical (unpaired) electrons. The van der Waals surface area contributed by atoms with Crippen molar-refractivity contribution in [3.63, 3.8) is 0 Å². The molecule has 1 heterocycles. The quantitative estimate of drug-likeness (QED) is 0.594. The largest absolute Gasteiger partial charge is 0.372 e. The Morgan fingerprint density at radius 1 is 1.21 bits per heavy atom. The van der Waals surface area contributed by atoms with Crippen molar-refractivity contribution >= 4 is 27.3 Å². The van der Waals surface area contributed by atoms with E-state index in [0.29, 0.717) is 25.8 Å². The van der Waals surface area contributed by atoms with E-state index in [1.54, 1.807) is 13.8 Å². The lowest BCUT2D eigenvalue weighted by Gasteiger charge is -2.37. The molecule has 1 saturated heterocycles. The third kappa shape index (κ3) is 7.28. The monoisotopic (exact) mass is 425 g/mol. The Kier molecular flexibility index (Phi) is 8.48. The van der Waals surface area contributed by atoms with E-state index >= 15 is 0 Å². The normalized spacial score (nSPS) is 20.1. The number of nitrogens with zero attached hydrogens (tertiary/aromatic N) is 1. The molecule has 2 N–H and O–H groups in total. The van der Waals surface area contributed by atoms with Crippen LogP contribution >= 0.6 is 0 Å². The highest BCUT2D eigenvalue weighted by molar-refractivity contribution is 7.90. The molecule has 2 unspecified atom stereocenters. The highest BCUT2D eigenvalue weighted by Gasteiger charge is 2.22. The molecule has 1 fully saturated rings. The first-order valence-corrected chi connectivity index (χ1v) is 11.9. The maximum atomic E-state index is 12.2. The van der Waals surface area contributed by atoms with Gasteiger partial charge in [0.2, 0.25) is 15.9 Å². The van der Waals surface area contributed by atoms with E-state index in [2.05, 4.69) is 34.9 Å². The topological polar surface area (TPSA) is 87.7 Å². The summed E-state index contributed by atoms with van der Waals surface area (Å²) in [7, 11) is -3.24. The Balaban J connectivity index is 1.80. The number of carbonyl (C=O) groups is 1. The molecular formula is C21H35N3O4S. The van der Waals surface area contributed by atoms with Crippen LogP contribution in [0.2, 0.25) is 0 Å². The fraction of sp³-hybridized carbons (Fsp3) is 0.667. The number of anilines is 2. The van der Waals surface area contributed by atoms with Crippen molar-refractivity contribution < 1.29 is 17.9 Å².